The highest BCUT2D eigenvalue weighted by Crippen LogP contribution is 2.21. The van der Waals surface area contributed by atoms with Crippen LogP contribution in [0.2, 0.25) is 10.0 Å². The Bertz CT molecular complexity index is 355. The first-order valence-electron chi connectivity index (χ1n) is 4.53. The number of hydrogen-bond donors (Lipinski definition) is 2. The molecule has 0 unspecified atom stereocenters. The molecule has 0 bridgehead atoms. The molecule has 0 fully saturated rings. The zero-order valence-corrected chi connectivity index (χ0v) is 9.82. The molecule has 1 aromatic rings. The Kier molecular flexibility index (Phi) is 4.88. The molecule has 0 spiro atoms. The fraction of sp³-hybridized carbons (Fsp3) is 0.300. The summed E-state index contributed by atoms with van der Waals surface area (Å²) in [7, 11) is 1.65. The first kappa shape index (κ1) is 12.3. The van der Waals surface area contributed by atoms with E-state index in [-0.39, 0.29) is 5.91 Å². The molecule has 0 atom stereocenters. The van der Waals surface area contributed by atoms with E-state index in [9.17, 15) is 4.79 Å². The normalized spacial score (nSPS) is 10.1. The summed E-state index contributed by atoms with van der Waals surface area (Å²) in [5, 5.41) is 1.20. The average molecular weight is 247 g/mol. The van der Waals surface area contributed by atoms with E-state index in [1.807, 2.05) is 6.07 Å². The van der Waals surface area contributed by atoms with Gasteiger partial charge in [-0.3, -0.25) is 10.2 Å². The van der Waals surface area contributed by atoms with Gasteiger partial charge in [-0.2, -0.15) is 0 Å². The van der Waals surface area contributed by atoms with Gasteiger partial charge in [-0.05, 0) is 24.1 Å². The fourth-order valence-electron chi connectivity index (χ4n) is 1.17. The summed E-state index contributed by atoms with van der Waals surface area (Å²) in [5.41, 5.74) is 5.99. The molecular formula is C10H12Cl2N2O. The lowest BCUT2D eigenvalue weighted by atomic mass is 10.1. The second-order valence-electron chi connectivity index (χ2n) is 3.03. The number of carbonyl (C=O) groups is 1. The zero-order valence-electron chi connectivity index (χ0n) is 8.31. The van der Waals surface area contributed by atoms with Gasteiger partial charge in [-0.1, -0.05) is 29.3 Å². The average Bonchev–Trinajstić information content (AvgIpc) is 2.17. The maximum Gasteiger partial charge on any atom is 0.234 e. The minimum absolute atomic E-state index is 0.0662. The van der Waals surface area contributed by atoms with Crippen LogP contribution in [0.25, 0.3) is 0 Å². The lowest BCUT2D eigenvalue weighted by Crippen LogP contribution is -2.34. The minimum Gasteiger partial charge on any atom is -0.292 e. The number of rotatable bonds is 4. The van der Waals surface area contributed by atoms with Crippen LogP contribution in [0, 0.1) is 0 Å². The van der Waals surface area contributed by atoms with Crippen molar-refractivity contribution in [3.8, 4) is 0 Å². The van der Waals surface area contributed by atoms with Gasteiger partial charge in [0.2, 0.25) is 5.91 Å². The monoisotopic (exact) mass is 246 g/mol. The van der Waals surface area contributed by atoms with Crippen LogP contribution in [-0.4, -0.2) is 13.0 Å². The van der Waals surface area contributed by atoms with Crippen molar-refractivity contribution in [2.24, 2.45) is 0 Å². The van der Waals surface area contributed by atoms with Crippen LogP contribution in [0.15, 0.2) is 18.2 Å². The lowest BCUT2D eigenvalue weighted by molar-refractivity contribution is -0.121. The van der Waals surface area contributed by atoms with Crippen LogP contribution in [0.1, 0.15) is 12.0 Å². The summed E-state index contributed by atoms with van der Waals surface area (Å²) in [6.07, 6.45) is 0.992. The van der Waals surface area contributed by atoms with E-state index in [2.05, 4.69) is 10.9 Å². The first-order chi connectivity index (χ1) is 7.13. The lowest BCUT2D eigenvalue weighted by Gasteiger charge is -2.05. The summed E-state index contributed by atoms with van der Waals surface area (Å²) in [6, 6.07) is 5.27. The first-order valence-corrected chi connectivity index (χ1v) is 5.28. The highest BCUT2D eigenvalue weighted by Gasteiger charge is 2.04. The zero-order chi connectivity index (χ0) is 11.3. The standard InChI is InChI=1S/C10H12Cl2N2O/c1-13-14-10(15)5-3-7-2-4-8(11)6-9(7)12/h2,4,6,13H,3,5H2,1H3,(H,14,15). The van der Waals surface area contributed by atoms with Gasteiger partial charge in [0, 0.05) is 23.5 Å². The molecular weight excluding hydrogens is 235 g/mol. The van der Waals surface area contributed by atoms with E-state index < -0.39 is 0 Å². The van der Waals surface area contributed by atoms with E-state index in [4.69, 9.17) is 23.2 Å². The fourth-order valence-corrected chi connectivity index (χ4v) is 1.68. The largest absolute Gasteiger partial charge is 0.292 e. The third kappa shape index (κ3) is 4.08. The molecule has 0 aliphatic carbocycles. The van der Waals surface area contributed by atoms with Gasteiger partial charge >= 0.3 is 0 Å². The summed E-state index contributed by atoms with van der Waals surface area (Å²) in [5.74, 6) is -0.0662. The van der Waals surface area contributed by atoms with Gasteiger partial charge < -0.3 is 0 Å². The molecule has 0 aromatic heterocycles. The number of amides is 1. The second-order valence-corrected chi connectivity index (χ2v) is 3.88. The van der Waals surface area contributed by atoms with Crippen molar-refractivity contribution in [3.05, 3.63) is 33.8 Å². The van der Waals surface area contributed by atoms with E-state index in [1.54, 1.807) is 19.2 Å². The van der Waals surface area contributed by atoms with E-state index in [0.29, 0.717) is 22.9 Å². The van der Waals surface area contributed by atoms with Crippen LogP contribution in [-0.2, 0) is 11.2 Å². The molecule has 1 rings (SSSR count). The van der Waals surface area contributed by atoms with Crippen molar-refractivity contribution < 1.29 is 4.79 Å². The molecule has 2 N–H and O–H groups in total. The van der Waals surface area contributed by atoms with Gasteiger partial charge in [0.05, 0.1) is 0 Å². The molecule has 3 nitrogen and oxygen atoms in total. The maximum absolute atomic E-state index is 11.2. The molecule has 0 aliphatic heterocycles. The molecule has 5 heteroatoms. The molecule has 0 saturated heterocycles. The third-order valence-electron chi connectivity index (χ3n) is 1.90. The Balaban J connectivity index is 2.54. The van der Waals surface area contributed by atoms with E-state index in [0.717, 1.165) is 5.56 Å². The van der Waals surface area contributed by atoms with Crippen molar-refractivity contribution in [2.45, 2.75) is 12.8 Å². The summed E-state index contributed by atoms with van der Waals surface area (Å²) < 4.78 is 0. The van der Waals surface area contributed by atoms with Gasteiger partial charge in [0.1, 0.15) is 0 Å². The SMILES string of the molecule is CNNC(=O)CCc1ccc(Cl)cc1Cl. The number of hydrazine groups is 1. The topological polar surface area (TPSA) is 41.1 Å². The predicted molar refractivity (Wildman–Crippen MR) is 62.0 cm³/mol. The number of aryl methyl sites for hydroxylation is 1. The summed E-state index contributed by atoms with van der Waals surface area (Å²) >= 11 is 11.7. The Labute approximate surface area is 98.7 Å². The molecule has 1 amide bonds. The number of benzene rings is 1. The van der Waals surface area contributed by atoms with Crippen LogP contribution >= 0.6 is 23.2 Å². The van der Waals surface area contributed by atoms with Crippen LogP contribution in [0.4, 0.5) is 0 Å². The van der Waals surface area contributed by atoms with Crippen molar-refractivity contribution in [1.82, 2.24) is 10.9 Å². The van der Waals surface area contributed by atoms with Crippen LogP contribution in [0.5, 0.6) is 0 Å². The van der Waals surface area contributed by atoms with Crippen molar-refractivity contribution in [1.29, 1.82) is 0 Å². The molecule has 0 heterocycles. The number of hydrogen-bond acceptors (Lipinski definition) is 2. The number of halogens is 2. The molecule has 1 aromatic carbocycles. The highest BCUT2D eigenvalue weighted by molar-refractivity contribution is 6.35. The highest BCUT2D eigenvalue weighted by atomic mass is 35.5. The minimum atomic E-state index is -0.0662. The van der Waals surface area contributed by atoms with Gasteiger partial charge in [-0.15, -0.1) is 0 Å². The number of nitrogens with one attached hydrogen (secondary N) is 2. The molecule has 0 aliphatic rings. The van der Waals surface area contributed by atoms with Crippen molar-refractivity contribution in [3.63, 3.8) is 0 Å². The maximum atomic E-state index is 11.2. The van der Waals surface area contributed by atoms with E-state index >= 15 is 0 Å². The van der Waals surface area contributed by atoms with Crippen LogP contribution in [0.3, 0.4) is 0 Å². The predicted octanol–water partition coefficient (Wildman–Crippen LogP) is 2.18. The Morgan fingerprint density at radius 2 is 2.13 bits per heavy atom. The summed E-state index contributed by atoms with van der Waals surface area (Å²) in [6.45, 7) is 0. The number of carbonyl (C=O) groups excluding carboxylic acids is 1. The van der Waals surface area contributed by atoms with Crippen molar-refractivity contribution in [2.75, 3.05) is 7.05 Å². The Hall–Kier alpha value is -0.770. The Morgan fingerprint density at radius 3 is 2.73 bits per heavy atom. The smallest absolute Gasteiger partial charge is 0.234 e. The molecule has 0 saturated carbocycles. The summed E-state index contributed by atoms with van der Waals surface area (Å²) in [4.78, 5) is 11.2. The van der Waals surface area contributed by atoms with Crippen molar-refractivity contribution >= 4 is 29.1 Å². The van der Waals surface area contributed by atoms with Crippen LogP contribution < -0.4 is 10.9 Å². The second kappa shape index (κ2) is 5.95. The molecule has 82 valence electrons. The van der Waals surface area contributed by atoms with E-state index in [1.165, 1.54) is 0 Å². The quantitative estimate of drug-likeness (QED) is 0.800. The Morgan fingerprint density at radius 1 is 1.40 bits per heavy atom. The van der Waals surface area contributed by atoms with Gasteiger partial charge in [-0.25, -0.2) is 5.43 Å². The van der Waals surface area contributed by atoms with Gasteiger partial charge in [0.15, 0.2) is 0 Å². The van der Waals surface area contributed by atoms with Gasteiger partial charge in [0.25, 0.3) is 0 Å². The molecule has 15 heavy (non-hydrogen) atoms. The molecule has 0 radical (unpaired) electrons. The third-order valence-corrected chi connectivity index (χ3v) is 2.49.